The van der Waals surface area contributed by atoms with E-state index in [4.69, 9.17) is 39.2 Å². The molecule has 0 aliphatic carbocycles. The number of hydrogen-bond acceptors (Lipinski definition) is 8. The maximum Gasteiger partial charge on any atom is 0.490 e. The van der Waals surface area contributed by atoms with Gasteiger partial charge in [-0.05, 0) is 55.4 Å². The van der Waals surface area contributed by atoms with Gasteiger partial charge in [0.05, 0.1) is 12.2 Å². The Bertz CT molecular complexity index is 1250. The molecular formula is C27H29F10N3O8. The minimum Gasteiger partial charge on any atom is -0.476 e. The van der Waals surface area contributed by atoms with Gasteiger partial charge in [0.1, 0.15) is 0 Å². The Balaban J connectivity index is 0.000000448. The minimum absolute atomic E-state index is 0.0442. The molecule has 48 heavy (non-hydrogen) atoms. The molecule has 0 bridgehead atoms. The lowest BCUT2D eigenvalue weighted by molar-refractivity contribution is -0.193. The van der Waals surface area contributed by atoms with Crippen LogP contribution in [0.15, 0.2) is 42.9 Å². The van der Waals surface area contributed by atoms with Crippen molar-refractivity contribution in [3.8, 4) is 5.88 Å². The fraction of sp³-hybridized carbons (Fsp3) is 0.519. The van der Waals surface area contributed by atoms with E-state index in [0.29, 0.717) is 12.5 Å². The summed E-state index contributed by atoms with van der Waals surface area (Å²) < 4.78 is 121. The Morgan fingerprint density at radius 1 is 0.875 bits per heavy atom. The Hall–Kier alpha value is -4.27. The van der Waals surface area contributed by atoms with Crippen LogP contribution in [-0.2, 0) is 25.7 Å². The summed E-state index contributed by atoms with van der Waals surface area (Å²) >= 11 is 0. The molecule has 0 saturated carbocycles. The quantitative estimate of drug-likeness (QED) is 0.331. The molecule has 4 heterocycles. The van der Waals surface area contributed by atoms with Crippen LogP contribution in [0.5, 0.6) is 5.88 Å². The highest BCUT2D eigenvalue weighted by Gasteiger charge is 2.46. The second kappa shape index (κ2) is 18.3. The first-order valence-corrected chi connectivity index (χ1v) is 13.5. The average molecular weight is 714 g/mol. The number of hydrogen-bond donors (Lipinski definition) is 3. The lowest BCUT2D eigenvalue weighted by Crippen LogP contribution is -2.47. The number of likely N-dealkylation sites (tertiary alicyclic amines) is 1. The molecule has 0 aromatic carbocycles. The van der Waals surface area contributed by atoms with Crippen molar-refractivity contribution in [2.24, 2.45) is 5.92 Å². The van der Waals surface area contributed by atoms with Crippen molar-refractivity contribution >= 4 is 17.9 Å². The number of pyridine rings is 2. The normalized spacial score (nSPS) is 17.4. The van der Waals surface area contributed by atoms with Gasteiger partial charge in [-0.15, -0.1) is 0 Å². The van der Waals surface area contributed by atoms with Crippen molar-refractivity contribution in [1.29, 1.82) is 0 Å². The highest BCUT2D eigenvalue weighted by Crippen LogP contribution is 2.42. The van der Waals surface area contributed by atoms with Crippen LogP contribution in [0.3, 0.4) is 0 Å². The van der Waals surface area contributed by atoms with Gasteiger partial charge in [-0.1, -0.05) is 6.07 Å². The molecule has 2 aliphatic heterocycles. The summed E-state index contributed by atoms with van der Waals surface area (Å²) in [6.45, 7) is 4.28. The number of piperidine rings is 1. The van der Waals surface area contributed by atoms with E-state index < -0.39 is 42.3 Å². The standard InChI is InChI=1S/C21H26FN3O2.3C2HF3O2/c22-19-4-2-10-24-20(19)26-13-5-18-6-14-27-21(18)7-11-25(12-8-21)16-17-3-1-9-23-15-17;3*3-2(4,5)1(6)7/h1-4,9-10,15,18H,5-8,11-14,16H2;3*(H,6,7). The first-order valence-electron chi connectivity index (χ1n) is 13.5. The van der Waals surface area contributed by atoms with E-state index >= 15 is 0 Å². The lowest BCUT2D eigenvalue weighted by atomic mass is 9.78. The van der Waals surface area contributed by atoms with E-state index in [1.165, 1.54) is 11.6 Å². The predicted octanol–water partition coefficient (Wildman–Crippen LogP) is 5.36. The van der Waals surface area contributed by atoms with Gasteiger partial charge >= 0.3 is 36.4 Å². The number of carbonyl (C=O) groups is 3. The second-order valence-electron chi connectivity index (χ2n) is 9.87. The third-order valence-electron chi connectivity index (χ3n) is 6.59. The molecule has 2 aliphatic rings. The predicted molar refractivity (Wildman–Crippen MR) is 141 cm³/mol. The third-order valence-corrected chi connectivity index (χ3v) is 6.59. The molecule has 2 saturated heterocycles. The molecule has 0 radical (unpaired) electrons. The van der Waals surface area contributed by atoms with Crippen molar-refractivity contribution in [2.45, 2.75) is 56.4 Å². The number of nitrogens with zero attached hydrogens (tertiary/aromatic N) is 3. The summed E-state index contributed by atoms with van der Waals surface area (Å²) in [5, 5.41) is 21.4. The zero-order valence-electron chi connectivity index (χ0n) is 24.5. The first kappa shape index (κ1) is 41.8. The van der Waals surface area contributed by atoms with Crippen molar-refractivity contribution < 1.29 is 83.1 Å². The Morgan fingerprint density at radius 2 is 1.38 bits per heavy atom. The minimum atomic E-state index is -5.08. The fourth-order valence-electron chi connectivity index (χ4n) is 4.36. The van der Waals surface area contributed by atoms with Crippen LogP contribution < -0.4 is 4.74 Å². The topological polar surface area (TPSA) is 159 Å². The lowest BCUT2D eigenvalue weighted by Gasteiger charge is -2.42. The highest BCUT2D eigenvalue weighted by atomic mass is 19.4. The molecule has 11 nitrogen and oxygen atoms in total. The number of aliphatic carboxylic acids is 3. The molecule has 270 valence electrons. The van der Waals surface area contributed by atoms with E-state index in [-0.39, 0.29) is 11.5 Å². The Labute approximate surface area is 265 Å². The number of ether oxygens (including phenoxy) is 2. The van der Waals surface area contributed by atoms with Crippen molar-refractivity contribution in [3.05, 3.63) is 54.2 Å². The number of carboxylic acids is 3. The number of carboxylic acid groups (broad SMARTS) is 3. The van der Waals surface area contributed by atoms with E-state index in [2.05, 4.69) is 20.9 Å². The molecule has 1 unspecified atom stereocenters. The van der Waals surface area contributed by atoms with Crippen LogP contribution in [0.25, 0.3) is 0 Å². The van der Waals surface area contributed by atoms with Gasteiger partial charge in [-0.25, -0.2) is 23.8 Å². The van der Waals surface area contributed by atoms with Crippen LogP contribution in [0.2, 0.25) is 0 Å². The van der Waals surface area contributed by atoms with Gasteiger partial charge in [-0.3, -0.25) is 9.88 Å². The number of aromatic nitrogens is 2. The summed E-state index contributed by atoms with van der Waals surface area (Å²) in [5.41, 5.74) is 1.21. The molecule has 2 aromatic rings. The molecule has 1 atom stereocenters. The number of alkyl halides is 9. The maximum absolute atomic E-state index is 13.6. The molecular weight excluding hydrogens is 684 g/mol. The van der Waals surface area contributed by atoms with Gasteiger partial charge in [0.15, 0.2) is 5.82 Å². The average Bonchev–Trinajstić information content (AvgIpc) is 3.37. The van der Waals surface area contributed by atoms with Gasteiger partial charge in [0.25, 0.3) is 0 Å². The van der Waals surface area contributed by atoms with Crippen LogP contribution in [0.1, 0.15) is 31.2 Å². The summed E-state index contributed by atoms with van der Waals surface area (Å²) in [6.07, 6.45) is -5.95. The van der Waals surface area contributed by atoms with Crippen molar-refractivity contribution in [3.63, 3.8) is 0 Å². The van der Waals surface area contributed by atoms with Crippen LogP contribution in [-0.4, -0.2) is 98.5 Å². The Morgan fingerprint density at radius 3 is 1.81 bits per heavy atom. The molecule has 2 fully saturated rings. The number of halogens is 10. The Kier molecular flexibility index (Phi) is 15.9. The SMILES string of the molecule is Fc1cccnc1OCCC1CCOC12CCN(Cc1cccnc1)CC2.O=C(O)C(F)(F)F.O=C(O)C(F)(F)F.O=C(O)C(F)(F)F. The monoisotopic (exact) mass is 713 g/mol. The zero-order valence-corrected chi connectivity index (χ0v) is 24.5. The zero-order chi connectivity index (χ0) is 36.8. The van der Waals surface area contributed by atoms with Gasteiger partial charge < -0.3 is 24.8 Å². The molecule has 1 spiro atoms. The fourth-order valence-corrected chi connectivity index (χ4v) is 4.36. The van der Waals surface area contributed by atoms with Gasteiger partial charge in [-0.2, -0.15) is 39.5 Å². The maximum atomic E-state index is 13.6. The van der Waals surface area contributed by atoms with E-state index in [9.17, 15) is 43.9 Å². The molecule has 3 N–H and O–H groups in total. The molecule has 2 aromatic heterocycles. The van der Waals surface area contributed by atoms with Crippen molar-refractivity contribution in [2.75, 3.05) is 26.3 Å². The summed E-state index contributed by atoms with van der Waals surface area (Å²) in [6, 6.07) is 7.06. The van der Waals surface area contributed by atoms with E-state index in [1.54, 1.807) is 12.3 Å². The van der Waals surface area contributed by atoms with E-state index in [0.717, 1.165) is 51.9 Å². The largest absolute Gasteiger partial charge is 0.490 e. The molecule has 0 amide bonds. The van der Waals surface area contributed by atoms with Gasteiger partial charge in [0, 0.05) is 44.8 Å². The summed E-state index contributed by atoms with van der Waals surface area (Å²) in [5.74, 6) is -8.12. The van der Waals surface area contributed by atoms with E-state index in [1.807, 2.05) is 18.5 Å². The third kappa shape index (κ3) is 15.1. The highest BCUT2D eigenvalue weighted by molar-refractivity contribution is 5.73. The smallest absolute Gasteiger partial charge is 0.476 e. The summed E-state index contributed by atoms with van der Waals surface area (Å²) in [4.78, 5) is 37.3. The van der Waals surface area contributed by atoms with Crippen LogP contribution >= 0.6 is 0 Å². The summed E-state index contributed by atoms with van der Waals surface area (Å²) in [7, 11) is 0. The molecule has 4 rings (SSSR count). The molecule has 21 heteroatoms. The van der Waals surface area contributed by atoms with Gasteiger partial charge in [0.2, 0.25) is 5.88 Å². The van der Waals surface area contributed by atoms with Crippen molar-refractivity contribution in [1.82, 2.24) is 14.9 Å². The van der Waals surface area contributed by atoms with Crippen LogP contribution in [0.4, 0.5) is 43.9 Å². The first-order chi connectivity index (χ1) is 22.1. The van der Waals surface area contributed by atoms with Crippen LogP contribution in [0, 0.1) is 11.7 Å². The second-order valence-corrected chi connectivity index (χ2v) is 9.87. The number of rotatable bonds is 6.